The molecule has 0 unspecified atom stereocenters. The van der Waals surface area contributed by atoms with Gasteiger partial charge in [0.1, 0.15) is 0 Å². The number of hydrogen-bond donors (Lipinski definition) is 2. The molecule has 1 aromatic rings. The molecule has 0 bridgehead atoms. The summed E-state index contributed by atoms with van der Waals surface area (Å²) in [7, 11) is 0. The number of allylic oxidation sites excluding steroid dienone is 1. The Hall–Kier alpha value is -2.10. The number of nitrogens with zero attached hydrogens (tertiary/aromatic N) is 1. The maximum absolute atomic E-state index is 11.5. The molecule has 0 fully saturated rings. The fourth-order valence-electron chi connectivity index (χ4n) is 2.19. The maximum Gasteiger partial charge on any atom is 0.273 e. The number of nitrogens with two attached hydrogens (primary N) is 2. The lowest BCUT2D eigenvalue weighted by molar-refractivity contribution is -0.113. The Labute approximate surface area is 100 Å². The summed E-state index contributed by atoms with van der Waals surface area (Å²) < 4.78 is 0. The van der Waals surface area contributed by atoms with Crippen LogP contribution in [0.5, 0.6) is 0 Å². The van der Waals surface area contributed by atoms with Gasteiger partial charge in [-0.15, -0.1) is 0 Å². The molecule has 0 heterocycles. The van der Waals surface area contributed by atoms with E-state index in [0.29, 0.717) is 0 Å². The molecule has 0 aromatic heterocycles. The van der Waals surface area contributed by atoms with Crippen LogP contribution < -0.4 is 11.5 Å². The van der Waals surface area contributed by atoms with E-state index in [1.165, 1.54) is 17.2 Å². The maximum atomic E-state index is 11.5. The second-order valence-electron chi connectivity index (χ2n) is 4.15. The van der Waals surface area contributed by atoms with Crippen LogP contribution >= 0.6 is 0 Å². The smallest absolute Gasteiger partial charge is 0.273 e. The Kier molecular flexibility index (Phi) is 2.95. The predicted molar refractivity (Wildman–Crippen MR) is 68.3 cm³/mol. The van der Waals surface area contributed by atoms with Crippen molar-refractivity contribution in [3.63, 3.8) is 0 Å². The van der Waals surface area contributed by atoms with Crippen LogP contribution in [0.15, 0.2) is 29.3 Å². The Morgan fingerprint density at radius 2 is 2.12 bits per heavy atom. The van der Waals surface area contributed by atoms with Gasteiger partial charge in [-0.25, -0.2) is 0 Å². The van der Waals surface area contributed by atoms with E-state index in [4.69, 9.17) is 11.5 Å². The summed E-state index contributed by atoms with van der Waals surface area (Å²) in [6, 6.07) is 6.11. The summed E-state index contributed by atoms with van der Waals surface area (Å²) in [6.45, 7) is 2.08. The van der Waals surface area contributed by atoms with Crippen LogP contribution in [-0.4, -0.2) is 11.9 Å². The van der Waals surface area contributed by atoms with Crippen molar-refractivity contribution >= 4 is 17.4 Å². The monoisotopic (exact) mass is 229 g/mol. The summed E-state index contributed by atoms with van der Waals surface area (Å²) in [5.41, 5.74) is 15.1. The number of carbonyl (C=O) groups is 1. The van der Waals surface area contributed by atoms with E-state index >= 15 is 0 Å². The van der Waals surface area contributed by atoms with Gasteiger partial charge >= 0.3 is 0 Å². The third-order valence-electron chi connectivity index (χ3n) is 2.94. The molecule has 0 aliphatic heterocycles. The normalized spacial score (nSPS) is 15.7. The highest BCUT2D eigenvalue weighted by atomic mass is 16.1. The number of carbonyl (C=O) groups excluding carboxylic acids is 1. The molecule has 1 aromatic carbocycles. The van der Waals surface area contributed by atoms with Gasteiger partial charge in [0.05, 0.1) is 0 Å². The SMILES string of the molecule is Cc1cccc2c1CC/C2=C/C(=O)N=C(N)N. The number of fused-ring (bicyclic) bond motifs is 1. The van der Waals surface area contributed by atoms with E-state index in [1.807, 2.05) is 12.1 Å². The van der Waals surface area contributed by atoms with E-state index in [1.54, 1.807) is 0 Å². The topological polar surface area (TPSA) is 81.5 Å². The van der Waals surface area contributed by atoms with Gasteiger partial charge in [0.15, 0.2) is 5.96 Å². The highest BCUT2D eigenvalue weighted by molar-refractivity contribution is 6.02. The van der Waals surface area contributed by atoms with Crippen molar-refractivity contribution in [2.24, 2.45) is 16.5 Å². The number of guanidine groups is 1. The molecule has 4 nitrogen and oxygen atoms in total. The minimum absolute atomic E-state index is 0.200. The van der Waals surface area contributed by atoms with E-state index in [-0.39, 0.29) is 5.96 Å². The van der Waals surface area contributed by atoms with Crippen molar-refractivity contribution < 1.29 is 4.79 Å². The molecule has 4 heteroatoms. The van der Waals surface area contributed by atoms with Gasteiger partial charge < -0.3 is 11.5 Å². The minimum Gasteiger partial charge on any atom is -0.370 e. The van der Waals surface area contributed by atoms with Crippen LogP contribution in [0.1, 0.15) is 23.1 Å². The minimum atomic E-state index is -0.394. The van der Waals surface area contributed by atoms with Crippen LogP contribution in [0, 0.1) is 6.92 Å². The lowest BCUT2D eigenvalue weighted by Gasteiger charge is -2.02. The lowest BCUT2D eigenvalue weighted by atomic mass is 10.0. The number of aliphatic imine (C=N–C) groups is 1. The fraction of sp³-hybridized carbons (Fsp3) is 0.231. The molecular weight excluding hydrogens is 214 g/mol. The molecule has 0 saturated heterocycles. The van der Waals surface area contributed by atoms with Crippen LogP contribution in [0.4, 0.5) is 0 Å². The highest BCUT2D eigenvalue weighted by Crippen LogP contribution is 2.33. The van der Waals surface area contributed by atoms with Crippen LogP contribution in [0.25, 0.3) is 5.57 Å². The van der Waals surface area contributed by atoms with E-state index in [2.05, 4.69) is 18.0 Å². The molecule has 1 aliphatic carbocycles. The molecular formula is C13H15N3O. The Bertz CT molecular complexity index is 525. The molecule has 0 saturated carbocycles. The first-order chi connectivity index (χ1) is 8.08. The zero-order valence-corrected chi connectivity index (χ0v) is 9.73. The van der Waals surface area contributed by atoms with Crippen LogP contribution in [0.2, 0.25) is 0 Å². The average molecular weight is 229 g/mol. The van der Waals surface area contributed by atoms with Gasteiger partial charge in [-0.3, -0.25) is 4.79 Å². The average Bonchev–Trinajstić information content (AvgIpc) is 2.62. The number of amides is 1. The Balaban J connectivity index is 2.34. The van der Waals surface area contributed by atoms with Gasteiger partial charge in [-0.2, -0.15) is 4.99 Å². The molecule has 0 atom stereocenters. The van der Waals surface area contributed by atoms with Crippen LogP contribution in [-0.2, 0) is 11.2 Å². The number of aryl methyl sites for hydroxylation is 1. The quantitative estimate of drug-likeness (QED) is 0.430. The summed E-state index contributed by atoms with van der Waals surface area (Å²) in [4.78, 5) is 15.0. The van der Waals surface area contributed by atoms with Crippen LogP contribution in [0.3, 0.4) is 0 Å². The van der Waals surface area contributed by atoms with Crippen molar-refractivity contribution in [3.8, 4) is 0 Å². The van der Waals surface area contributed by atoms with Gasteiger partial charge in [-0.1, -0.05) is 18.2 Å². The van der Waals surface area contributed by atoms with Gasteiger partial charge in [0.25, 0.3) is 5.91 Å². The molecule has 4 N–H and O–H groups in total. The first-order valence-electron chi connectivity index (χ1n) is 5.51. The standard InChI is InChI=1S/C13H15N3O/c1-8-3-2-4-11-9(5-6-10(8)11)7-12(17)16-13(14)15/h2-4,7H,5-6H2,1H3,(H4,14,15,16,17)/b9-7-. The molecule has 1 aliphatic rings. The van der Waals surface area contributed by atoms with Crippen molar-refractivity contribution in [1.82, 2.24) is 0 Å². The largest absolute Gasteiger partial charge is 0.370 e. The van der Waals surface area contributed by atoms with Crippen molar-refractivity contribution in [2.75, 3.05) is 0 Å². The summed E-state index contributed by atoms with van der Waals surface area (Å²) in [5.74, 6) is -0.594. The second kappa shape index (κ2) is 4.41. The van der Waals surface area contributed by atoms with Gasteiger partial charge in [0.2, 0.25) is 0 Å². The Morgan fingerprint density at radius 1 is 1.35 bits per heavy atom. The van der Waals surface area contributed by atoms with Gasteiger partial charge in [0, 0.05) is 6.08 Å². The summed E-state index contributed by atoms with van der Waals surface area (Å²) >= 11 is 0. The second-order valence-corrected chi connectivity index (χ2v) is 4.15. The van der Waals surface area contributed by atoms with Crippen molar-refractivity contribution in [1.29, 1.82) is 0 Å². The number of hydrogen-bond acceptors (Lipinski definition) is 1. The molecule has 17 heavy (non-hydrogen) atoms. The van der Waals surface area contributed by atoms with Crippen molar-refractivity contribution in [3.05, 3.63) is 41.0 Å². The first kappa shape index (κ1) is 11.4. The van der Waals surface area contributed by atoms with E-state index in [0.717, 1.165) is 24.0 Å². The molecule has 1 amide bonds. The summed E-state index contributed by atoms with van der Waals surface area (Å²) in [5, 5.41) is 0. The predicted octanol–water partition coefficient (Wildman–Crippen LogP) is 1.12. The Morgan fingerprint density at radius 3 is 2.82 bits per heavy atom. The van der Waals surface area contributed by atoms with E-state index < -0.39 is 5.91 Å². The van der Waals surface area contributed by atoms with Gasteiger partial charge in [-0.05, 0) is 42.0 Å². The molecule has 88 valence electrons. The summed E-state index contributed by atoms with van der Waals surface area (Å²) in [6.07, 6.45) is 3.36. The van der Waals surface area contributed by atoms with Crippen molar-refractivity contribution in [2.45, 2.75) is 19.8 Å². The first-order valence-corrected chi connectivity index (χ1v) is 5.51. The zero-order chi connectivity index (χ0) is 12.4. The zero-order valence-electron chi connectivity index (χ0n) is 9.73. The third kappa shape index (κ3) is 2.36. The number of benzene rings is 1. The molecule has 0 spiro atoms. The number of rotatable bonds is 1. The molecule has 2 rings (SSSR count). The third-order valence-corrected chi connectivity index (χ3v) is 2.94. The fourth-order valence-corrected chi connectivity index (χ4v) is 2.19. The molecule has 0 radical (unpaired) electrons. The van der Waals surface area contributed by atoms with E-state index in [9.17, 15) is 4.79 Å². The highest BCUT2D eigenvalue weighted by Gasteiger charge is 2.18. The lowest BCUT2D eigenvalue weighted by Crippen LogP contribution is -2.23.